The number of rotatable bonds is 5. The molecule has 1 unspecified atom stereocenters. The molecule has 3 aromatic rings. The van der Waals surface area contributed by atoms with Crippen molar-refractivity contribution in [1.29, 1.82) is 0 Å². The van der Waals surface area contributed by atoms with E-state index in [9.17, 15) is 4.79 Å². The first-order valence-corrected chi connectivity index (χ1v) is 10.1. The van der Waals surface area contributed by atoms with Crippen LogP contribution in [-0.2, 0) is 6.42 Å². The Morgan fingerprint density at radius 3 is 2.37 bits per heavy atom. The molecule has 4 rings (SSSR count). The normalized spacial score (nSPS) is 15.5. The third-order valence-electron chi connectivity index (χ3n) is 5.45. The first kappa shape index (κ1) is 19.9. The maximum absolute atomic E-state index is 12.8. The van der Waals surface area contributed by atoms with Gasteiger partial charge in [-0.2, -0.15) is 4.98 Å². The average Bonchev–Trinajstić information content (AvgIpc) is 2.70. The van der Waals surface area contributed by atoms with Crippen molar-refractivity contribution in [3.63, 3.8) is 0 Å². The molecule has 0 fully saturated rings. The van der Waals surface area contributed by atoms with Gasteiger partial charge < -0.3 is 15.4 Å². The molecule has 0 radical (unpaired) electrons. The molecule has 1 aliphatic carbocycles. The third-order valence-corrected chi connectivity index (χ3v) is 5.45. The highest BCUT2D eigenvalue weighted by Gasteiger charge is 2.28. The van der Waals surface area contributed by atoms with Crippen molar-refractivity contribution >= 4 is 28.9 Å². The molecule has 0 bridgehead atoms. The zero-order chi connectivity index (χ0) is 21.3. The Labute approximate surface area is 176 Å². The number of ether oxygens (including phenoxy) is 1. The Morgan fingerprint density at radius 1 is 0.933 bits per heavy atom. The molecular formula is C24H26N4O2. The number of anilines is 4. The smallest absolute Gasteiger partial charge is 0.229 e. The first-order valence-electron chi connectivity index (χ1n) is 10.1. The van der Waals surface area contributed by atoms with Crippen LogP contribution < -0.4 is 15.4 Å². The summed E-state index contributed by atoms with van der Waals surface area (Å²) in [5, 5.41) is 6.61. The first-order chi connectivity index (χ1) is 14.4. The van der Waals surface area contributed by atoms with E-state index in [-0.39, 0.29) is 11.7 Å². The molecule has 1 aliphatic rings. The van der Waals surface area contributed by atoms with Gasteiger partial charge in [0.2, 0.25) is 5.95 Å². The summed E-state index contributed by atoms with van der Waals surface area (Å²) in [5.74, 6) is 2.15. The van der Waals surface area contributed by atoms with Crippen LogP contribution in [0.1, 0.15) is 40.5 Å². The van der Waals surface area contributed by atoms with E-state index < -0.39 is 0 Å². The number of carbonyl (C=O) groups is 1. The number of benzene rings is 2. The lowest BCUT2D eigenvalue weighted by atomic mass is 9.87. The summed E-state index contributed by atoms with van der Waals surface area (Å²) in [4.78, 5) is 22.1. The number of hydrogen-bond donors (Lipinski definition) is 2. The van der Waals surface area contributed by atoms with Crippen molar-refractivity contribution in [1.82, 2.24) is 9.97 Å². The maximum atomic E-state index is 12.8. The number of fused-ring (bicyclic) bond motifs is 1. The van der Waals surface area contributed by atoms with Gasteiger partial charge in [-0.1, -0.05) is 13.0 Å². The van der Waals surface area contributed by atoms with Gasteiger partial charge in [-0.3, -0.25) is 4.79 Å². The van der Waals surface area contributed by atoms with E-state index in [1.54, 1.807) is 7.11 Å². The van der Waals surface area contributed by atoms with Gasteiger partial charge in [0.25, 0.3) is 0 Å². The molecule has 0 aliphatic heterocycles. The van der Waals surface area contributed by atoms with E-state index >= 15 is 0 Å². The fraction of sp³-hybridized carbons (Fsp3) is 0.292. The van der Waals surface area contributed by atoms with Crippen molar-refractivity contribution in [2.75, 3.05) is 17.7 Å². The molecule has 1 atom stereocenters. The fourth-order valence-corrected chi connectivity index (χ4v) is 3.67. The molecule has 1 aromatic heterocycles. The Hall–Kier alpha value is -3.41. The standard InChI is InChI=1S/C24H26N4O2/c1-14-11-20-22(21(29)12-14)23(25-18-6-5-15(2)16(3)13-18)28-24(27-20)26-17-7-9-19(30-4)10-8-17/h5-10,13-14H,11-12H2,1-4H3,(H2,25,26,27,28). The number of ketones is 1. The predicted molar refractivity (Wildman–Crippen MR) is 119 cm³/mol. The Balaban J connectivity index is 1.72. The largest absolute Gasteiger partial charge is 0.497 e. The van der Waals surface area contributed by atoms with Gasteiger partial charge in [0.05, 0.1) is 18.4 Å². The van der Waals surface area contributed by atoms with Crippen LogP contribution in [0.4, 0.5) is 23.1 Å². The number of Topliss-reactive ketones (excluding diaryl/α,β-unsaturated/α-hetero) is 1. The Morgan fingerprint density at radius 2 is 1.67 bits per heavy atom. The summed E-state index contributed by atoms with van der Waals surface area (Å²) in [6.45, 7) is 6.23. The van der Waals surface area contributed by atoms with Gasteiger partial charge in [-0.25, -0.2) is 4.98 Å². The monoisotopic (exact) mass is 402 g/mol. The zero-order valence-corrected chi connectivity index (χ0v) is 17.7. The SMILES string of the molecule is COc1ccc(Nc2nc3c(c(Nc4ccc(C)c(C)c4)n2)C(=O)CC(C)C3)cc1. The average molecular weight is 402 g/mol. The lowest BCUT2D eigenvalue weighted by Gasteiger charge is -2.23. The minimum atomic E-state index is 0.0890. The molecule has 6 heteroatoms. The molecule has 30 heavy (non-hydrogen) atoms. The van der Waals surface area contributed by atoms with Crippen LogP contribution in [0.3, 0.4) is 0 Å². The number of hydrogen-bond acceptors (Lipinski definition) is 6. The lowest BCUT2D eigenvalue weighted by Crippen LogP contribution is -2.22. The Kier molecular flexibility index (Phi) is 5.40. The minimum absolute atomic E-state index is 0.0890. The van der Waals surface area contributed by atoms with Crippen LogP contribution >= 0.6 is 0 Å². The van der Waals surface area contributed by atoms with Gasteiger partial charge in [-0.15, -0.1) is 0 Å². The zero-order valence-electron chi connectivity index (χ0n) is 17.7. The predicted octanol–water partition coefficient (Wildman–Crippen LogP) is 5.35. The van der Waals surface area contributed by atoms with Crippen LogP contribution in [-0.4, -0.2) is 22.9 Å². The third kappa shape index (κ3) is 4.13. The van der Waals surface area contributed by atoms with Crippen molar-refractivity contribution in [2.45, 2.75) is 33.6 Å². The van der Waals surface area contributed by atoms with Crippen LogP contribution in [0.2, 0.25) is 0 Å². The van der Waals surface area contributed by atoms with Crippen molar-refractivity contribution < 1.29 is 9.53 Å². The second kappa shape index (κ2) is 8.14. The highest BCUT2D eigenvalue weighted by Crippen LogP contribution is 2.32. The van der Waals surface area contributed by atoms with E-state index in [0.29, 0.717) is 23.8 Å². The van der Waals surface area contributed by atoms with Crippen LogP contribution in [0, 0.1) is 19.8 Å². The minimum Gasteiger partial charge on any atom is -0.497 e. The number of carbonyl (C=O) groups excluding carboxylic acids is 1. The molecule has 0 spiro atoms. The highest BCUT2D eigenvalue weighted by atomic mass is 16.5. The van der Waals surface area contributed by atoms with Crippen molar-refractivity contribution in [2.24, 2.45) is 5.92 Å². The summed E-state index contributed by atoms with van der Waals surface area (Å²) in [7, 11) is 1.64. The summed E-state index contributed by atoms with van der Waals surface area (Å²) in [6, 6.07) is 13.7. The number of aryl methyl sites for hydroxylation is 2. The quantitative estimate of drug-likeness (QED) is 0.599. The van der Waals surface area contributed by atoms with Crippen molar-refractivity contribution in [3.8, 4) is 5.75 Å². The van der Waals surface area contributed by atoms with E-state index in [2.05, 4.69) is 53.5 Å². The van der Waals surface area contributed by atoms with Crippen LogP contribution in [0.15, 0.2) is 42.5 Å². The molecule has 6 nitrogen and oxygen atoms in total. The van der Waals surface area contributed by atoms with E-state index in [0.717, 1.165) is 29.2 Å². The number of aromatic nitrogens is 2. The van der Waals surface area contributed by atoms with Crippen LogP contribution in [0.5, 0.6) is 5.75 Å². The molecule has 2 N–H and O–H groups in total. The van der Waals surface area contributed by atoms with Gasteiger partial charge in [0, 0.05) is 17.8 Å². The Bertz CT molecular complexity index is 1090. The lowest BCUT2D eigenvalue weighted by molar-refractivity contribution is 0.0953. The summed E-state index contributed by atoms with van der Waals surface area (Å²) >= 11 is 0. The highest BCUT2D eigenvalue weighted by molar-refractivity contribution is 6.03. The maximum Gasteiger partial charge on any atom is 0.229 e. The second-order valence-electron chi connectivity index (χ2n) is 7.93. The van der Waals surface area contributed by atoms with Gasteiger partial charge in [-0.05, 0) is 73.7 Å². The van der Waals surface area contributed by atoms with E-state index in [1.807, 2.05) is 30.3 Å². The topological polar surface area (TPSA) is 76.1 Å². The fourth-order valence-electron chi connectivity index (χ4n) is 3.67. The molecule has 154 valence electrons. The molecule has 0 saturated carbocycles. The van der Waals surface area contributed by atoms with Gasteiger partial charge >= 0.3 is 0 Å². The van der Waals surface area contributed by atoms with E-state index in [1.165, 1.54) is 11.1 Å². The molecule has 0 amide bonds. The number of methoxy groups -OCH3 is 1. The second-order valence-corrected chi connectivity index (χ2v) is 7.93. The van der Waals surface area contributed by atoms with E-state index in [4.69, 9.17) is 4.74 Å². The molecule has 0 saturated heterocycles. The van der Waals surface area contributed by atoms with Crippen molar-refractivity contribution in [3.05, 3.63) is 64.8 Å². The molecule has 2 aromatic carbocycles. The van der Waals surface area contributed by atoms with Gasteiger partial charge in [0.15, 0.2) is 5.78 Å². The number of nitrogens with one attached hydrogen (secondary N) is 2. The summed E-state index contributed by atoms with van der Waals surface area (Å²) in [6.07, 6.45) is 1.27. The summed E-state index contributed by atoms with van der Waals surface area (Å²) < 4.78 is 5.21. The molecular weight excluding hydrogens is 376 g/mol. The molecule has 1 heterocycles. The van der Waals surface area contributed by atoms with Crippen LogP contribution in [0.25, 0.3) is 0 Å². The van der Waals surface area contributed by atoms with Gasteiger partial charge in [0.1, 0.15) is 11.6 Å². The summed E-state index contributed by atoms with van der Waals surface area (Å²) in [5.41, 5.74) is 5.54. The number of nitrogens with zero attached hydrogens (tertiary/aromatic N) is 2.